The third-order valence-corrected chi connectivity index (χ3v) is 7.58. The zero-order valence-electron chi connectivity index (χ0n) is 23.5. The number of amides is 2. The van der Waals surface area contributed by atoms with Crippen LogP contribution in [0.2, 0.25) is 0 Å². The summed E-state index contributed by atoms with van der Waals surface area (Å²) in [6.45, 7) is 5.71. The second-order valence-electron chi connectivity index (χ2n) is 10.4. The van der Waals surface area contributed by atoms with Gasteiger partial charge in [0.05, 0.1) is 18.9 Å². The first-order valence-corrected chi connectivity index (χ1v) is 14.3. The molecule has 1 aromatic carbocycles. The van der Waals surface area contributed by atoms with Gasteiger partial charge in [0.25, 0.3) is 0 Å². The lowest BCUT2D eigenvalue weighted by Crippen LogP contribution is -2.37. The molecule has 2 saturated heterocycles. The molecule has 6 rings (SSSR count). The number of ether oxygens (including phenoxy) is 4. The second kappa shape index (κ2) is 12.5. The van der Waals surface area contributed by atoms with Crippen molar-refractivity contribution in [3.63, 3.8) is 0 Å². The second-order valence-corrected chi connectivity index (χ2v) is 10.4. The predicted molar refractivity (Wildman–Crippen MR) is 152 cm³/mol. The Balaban J connectivity index is 1.19. The number of nitrogens with one attached hydrogen (secondary N) is 3. The van der Waals surface area contributed by atoms with E-state index in [0.29, 0.717) is 43.2 Å². The monoisotopic (exact) mass is 577 g/mol. The highest BCUT2D eigenvalue weighted by Crippen LogP contribution is 2.42. The minimum absolute atomic E-state index is 0.0415. The lowest BCUT2D eigenvalue weighted by atomic mass is 10.1. The number of nitrogens with zero attached hydrogens (tertiary/aromatic N) is 4. The summed E-state index contributed by atoms with van der Waals surface area (Å²) in [5.41, 5.74) is 1.97. The number of anilines is 1. The third kappa shape index (κ3) is 6.00. The summed E-state index contributed by atoms with van der Waals surface area (Å²) in [7, 11) is 0. The fourth-order valence-electron chi connectivity index (χ4n) is 5.46. The Morgan fingerprint density at radius 2 is 1.90 bits per heavy atom. The van der Waals surface area contributed by atoms with Gasteiger partial charge in [-0.2, -0.15) is 0 Å². The molecule has 3 aliphatic rings. The molecule has 0 radical (unpaired) electrons. The molecule has 2 aliphatic heterocycles. The summed E-state index contributed by atoms with van der Waals surface area (Å²) in [6, 6.07) is 9.56. The first-order valence-electron chi connectivity index (χ1n) is 14.3. The molecule has 0 spiro atoms. The van der Waals surface area contributed by atoms with E-state index in [2.05, 4.69) is 30.9 Å². The van der Waals surface area contributed by atoms with Crippen LogP contribution < -0.4 is 16.0 Å². The number of hydrogen-bond acceptors (Lipinski definition) is 10. The lowest BCUT2D eigenvalue weighted by Gasteiger charge is -2.20. The first-order chi connectivity index (χ1) is 20.6. The molecule has 222 valence electrons. The zero-order chi connectivity index (χ0) is 29.1. The Morgan fingerprint density at radius 3 is 2.71 bits per heavy atom. The number of benzene rings is 1. The van der Waals surface area contributed by atoms with Crippen molar-refractivity contribution in [2.24, 2.45) is 11.8 Å². The summed E-state index contributed by atoms with van der Waals surface area (Å²) in [5.74, 6) is 0.382. The maximum absolute atomic E-state index is 12.1. The fourth-order valence-corrected chi connectivity index (χ4v) is 5.46. The maximum atomic E-state index is 12.1. The molecule has 42 heavy (non-hydrogen) atoms. The van der Waals surface area contributed by atoms with Crippen molar-refractivity contribution >= 4 is 35.1 Å². The highest BCUT2D eigenvalue weighted by Gasteiger charge is 2.53. The van der Waals surface area contributed by atoms with E-state index in [9.17, 15) is 9.59 Å². The van der Waals surface area contributed by atoms with Gasteiger partial charge in [-0.05, 0) is 44.4 Å². The topological polar surface area (TPSA) is 151 Å². The SMILES string of the molecule is CCNC(=O)Nc1ncnc2c1ncn2[C@@H]1O[C@H](CNCC2CC2C(=O)OCC)[C@H]2O[C@H](/C=C/c3ccccc3)O[C@H]21. The van der Waals surface area contributed by atoms with Crippen molar-refractivity contribution in [3.05, 3.63) is 54.6 Å². The Labute approximate surface area is 243 Å². The molecule has 7 atom stereocenters. The predicted octanol–water partition coefficient (Wildman–Crippen LogP) is 2.48. The van der Waals surface area contributed by atoms with Crippen molar-refractivity contribution in [2.75, 3.05) is 31.6 Å². The summed E-state index contributed by atoms with van der Waals surface area (Å²) in [4.78, 5) is 37.3. The molecule has 0 bridgehead atoms. The van der Waals surface area contributed by atoms with Gasteiger partial charge < -0.3 is 29.6 Å². The molecule has 3 N–H and O–H groups in total. The lowest BCUT2D eigenvalue weighted by molar-refractivity contribution is -0.145. The van der Waals surface area contributed by atoms with Crippen LogP contribution in [0.5, 0.6) is 0 Å². The van der Waals surface area contributed by atoms with Crippen LogP contribution in [-0.4, -0.2) is 82.4 Å². The normalized spacial score (nSPS) is 28.2. The molecule has 3 aromatic rings. The van der Waals surface area contributed by atoms with Gasteiger partial charge in [-0.1, -0.05) is 36.4 Å². The van der Waals surface area contributed by atoms with E-state index in [1.165, 1.54) is 6.33 Å². The molecule has 1 saturated carbocycles. The number of rotatable bonds is 11. The van der Waals surface area contributed by atoms with E-state index in [4.69, 9.17) is 18.9 Å². The van der Waals surface area contributed by atoms with Crippen LogP contribution in [0.25, 0.3) is 17.2 Å². The number of aromatic nitrogens is 4. The van der Waals surface area contributed by atoms with E-state index < -0.39 is 18.6 Å². The number of fused-ring (bicyclic) bond motifs is 2. The van der Waals surface area contributed by atoms with E-state index in [1.807, 2.05) is 56.3 Å². The van der Waals surface area contributed by atoms with Crippen LogP contribution in [0.15, 0.2) is 49.1 Å². The van der Waals surface area contributed by atoms with E-state index in [-0.39, 0.29) is 36.0 Å². The number of carbonyl (C=O) groups excluding carboxylic acids is 2. The summed E-state index contributed by atoms with van der Waals surface area (Å²) >= 11 is 0. The third-order valence-electron chi connectivity index (χ3n) is 7.58. The van der Waals surface area contributed by atoms with Crippen LogP contribution in [0, 0.1) is 11.8 Å². The van der Waals surface area contributed by atoms with Crippen LogP contribution in [0.4, 0.5) is 10.6 Å². The van der Waals surface area contributed by atoms with E-state index >= 15 is 0 Å². The quantitative estimate of drug-likeness (QED) is 0.290. The van der Waals surface area contributed by atoms with Crippen molar-refractivity contribution in [3.8, 4) is 0 Å². The average molecular weight is 578 g/mol. The molecule has 2 unspecified atom stereocenters. The van der Waals surface area contributed by atoms with Gasteiger partial charge in [0.2, 0.25) is 0 Å². The minimum Gasteiger partial charge on any atom is -0.466 e. The summed E-state index contributed by atoms with van der Waals surface area (Å²) in [5, 5.41) is 8.86. The van der Waals surface area contributed by atoms with Gasteiger partial charge in [0.15, 0.2) is 29.5 Å². The summed E-state index contributed by atoms with van der Waals surface area (Å²) < 4.78 is 26.2. The first kappa shape index (κ1) is 28.2. The van der Waals surface area contributed by atoms with Crippen LogP contribution in [-0.2, 0) is 23.7 Å². The highest BCUT2D eigenvalue weighted by atomic mass is 16.8. The number of hydrogen-bond donors (Lipinski definition) is 3. The van der Waals surface area contributed by atoms with Crippen molar-refractivity contribution in [1.29, 1.82) is 0 Å². The molecule has 3 fully saturated rings. The average Bonchev–Trinajstić information content (AvgIpc) is 3.28. The standard InChI is InChI=1S/C29H35N7O6/c1-3-31-29(38)35-25-22-26(33-15-32-25)36(16-34-22)27-24-23(41-21(42-24)11-10-17-8-6-5-7-9-17)20(40-27)14-30-13-18-12-19(18)28(37)39-4-2/h5-11,15-16,18-21,23-24,27,30H,3-4,12-14H2,1-2H3,(H2,31,32,33,35,38)/b11-10+/t18?,19?,20-,21+,23-,24-,27-/m1/s1. The van der Waals surface area contributed by atoms with Gasteiger partial charge in [-0.3, -0.25) is 14.7 Å². The molecular weight excluding hydrogens is 542 g/mol. The van der Waals surface area contributed by atoms with Gasteiger partial charge in [-0.15, -0.1) is 0 Å². The van der Waals surface area contributed by atoms with Crippen LogP contribution >= 0.6 is 0 Å². The number of carbonyl (C=O) groups is 2. The van der Waals surface area contributed by atoms with Crippen LogP contribution in [0.3, 0.4) is 0 Å². The number of urea groups is 1. The number of esters is 1. The minimum atomic E-state index is -0.581. The fraction of sp³-hybridized carbons (Fsp3) is 0.483. The Kier molecular flexibility index (Phi) is 8.42. The van der Waals surface area contributed by atoms with Gasteiger partial charge in [0.1, 0.15) is 24.6 Å². The molecular formula is C29H35N7O6. The molecule has 4 heterocycles. The van der Waals surface area contributed by atoms with Crippen molar-refractivity contribution in [1.82, 2.24) is 30.2 Å². The largest absolute Gasteiger partial charge is 0.466 e. The smallest absolute Gasteiger partial charge is 0.320 e. The zero-order valence-corrected chi connectivity index (χ0v) is 23.5. The Hall–Kier alpha value is -3.91. The summed E-state index contributed by atoms with van der Waals surface area (Å²) in [6.07, 6.45) is 5.40. The number of imidazole rings is 1. The van der Waals surface area contributed by atoms with E-state index in [1.54, 1.807) is 10.9 Å². The molecule has 13 nitrogen and oxygen atoms in total. The Morgan fingerprint density at radius 1 is 1.07 bits per heavy atom. The molecule has 2 amide bonds. The molecule has 13 heteroatoms. The maximum Gasteiger partial charge on any atom is 0.320 e. The molecule has 2 aromatic heterocycles. The van der Waals surface area contributed by atoms with Gasteiger partial charge in [-0.25, -0.2) is 19.7 Å². The van der Waals surface area contributed by atoms with Gasteiger partial charge in [0, 0.05) is 13.1 Å². The van der Waals surface area contributed by atoms with Gasteiger partial charge >= 0.3 is 12.0 Å². The molecule has 1 aliphatic carbocycles. The van der Waals surface area contributed by atoms with E-state index in [0.717, 1.165) is 12.0 Å². The van der Waals surface area contributed by atoms with Crippen LogP contribution in [0.1, 0.15) is 32.1 Å². The highest BCUT2D eigenvalue weighted by molar-refractivity contribution is 5.95. The Bertz CT molecular complexity index is 1430. The van der Waals surface area contributed by atoms with Crippen molar-refractivity contribution in [2.45, 2.75) is 51.1 Å². The van der Waals surface area contributed by atoms with Crippen molar-refractivity contribution < 1.29 is 28.5 Å².